The molecule has 110 valence electrons. The molecule has 1 aliphatic heterocycles. The normalized spacial score (nSPS) is 16.7. The van der Waals surface area contributed by atoms with E-state index in [0.29, 0.717) is 5.56 Å². The molecule has 2 rings (SSSR count). The van der Waals surface area contributed by atoms with Crippen molar-refractivity contribution >= 4 is 34.8 Å². The highest BCUT2D eigenvalue weighted by Crippen LogP contribution is 2.36. The molecular formula is C14H13NO5S. The van der Waals surface area contributed by atoms with Crippen LogP contribution in [0.2, 0.25) is 0 Å². The number of aromatic hydroxyl groups is 1. The smallest absolute Gasteiger partial charge is 0.293 e. The summed E-state index contributed by atoms with van der Waals surface area (Å²) in [4.78, 5) is 35.9. The fraction of sp³-hybridized carbons (Fsp3) is 0.214. The Labute approximate surface area is 125 Å². The highest BCUT2D eigenvalue weighted by Gasteiger charge is 2.35. The van der Waals surface area contributed by atoms with Gasteiger partial charge in [0.25, 0.3) is 11.1 Å². The van der Waals surface area contributed by atoms with Crippen molar-refractivity contribution < 1.29 is 24.2 Å². The third kappa shape index (κ3) is 3.08. The fourth-order valence-electron chi connectivity index (χ4n) is 1.82. The molecule has 0 bridgehead atoms. The van der Waals surface area contributed by atoms with Gasteiger partial charge < -0.3 is 9.84 Å². The average Bonchev–Trinajstić information content (AvgIpc) is 2.68. The molecular weight excluding hydrogens is 294 g/mol. The molecule has 0 spiro atoms. The Kier molecular flexibility index (Phi) is 4.32. The number of carbonyl (C=O) groups is 3. The number of para-hydroxylation sites is 1. The number of nitrogens with zero attached hydrogens (tertiary/aromatic N) is 1. The zero-order chi connectivity index (χ0) is 15.6. The maximum Gasteiger partial charge on any atom is 0.293 e. The van der Waals surface area contributed by atoms with Crippen molar-refractivity contribution in [2.24, 2.45) is 0 Å². The fourth-order valence-corrected chi connectivity index (χ4v) is 2.65. The lowest BCUT2D eigenvalue weighted by atomic mass is 10.1. The van der Waals surface area contributed by atoms with Gasteiger partial charge in [0, 0.05) is 5.56 Å². The number of phenolic OH excluding ortho intramolecular Hbond substituents is 1. The third-order valence-corrected chi connectivity index (χ3v) is 3.70. The van der Waals surface area contributed by atoms with Crippen LogP contribution in [0, 0.1) is 0 Å². The van der Waals surface area contributed by atoms with Crippen molar-refractivity contribution in [1.29, 1.82) is 0 Å². The molecule has 1 fully saturated rings. The number of Topliss-reactive ketones (excluding diaryl/α,β-unsaturated/α-hetero) is 1. The Bertz CT molecular complexity index is 653. The average molecular weight is 307 g/mol. The summed E-state index contributed by atoms with van der Waals surface area (Å²) in [6.45, 7) is 1.06. The van der Waals surface area contributed by atoms with Crippen LogP contribution < -0.4 is 4.74 Å². The highest BCUT2D eigenvalue weighted by molar-refractivity contribution is 8.18. The Morgan fingerprint density at radius 3 is 2.76 bits per heavy atom. The first-order valence-corrected chi connectivity index (χ1v) is 6.86. The molecule has 0 aromatic heterocycles. The van der Waals surface area contributed by atoms with Crippen molar-refractivity contribution in [3.63, 3.8) is 0 Å². The summed E-state index contributed by atoms with van der Waals surface area (Å²) in [5.74, 6) is -0.657. The van der Waals surface area contributed by atoms with Gasteiger partial charge in [-0.3, -0.25) is 19.3 Å². The number of hydrogen-bond acceptors (Lipinski definition) is 6. The van der Waals surface area contributed by atoms with Crippen LogP contribution in [-0.4, -0.2) is 40.6 Å². The number of phenols is 1. The summed E-state index contributed by atoms with van der Waals surface area (Å²) < 4.78 is 4.98. The van der Waals surface area contributed by atoms with E-state index in [2.05, 4.69) is 0 Å². The standard InChI is InChI=1S/C14H13NO5S/c1-8(16)7-15-13(18)11(21-14(15)19)6-9-4-3-5-10(20-2)12(9)17/h3-6,17H,7H2,1-2H3/b11-6-. The minimum Gasteiger partial charge on any atom is -0.504 e. The second-order valence-corrected chi connectivity index (χ2v) is 5.36. The maximum absolute atomic E-state index is 12.1. The minimum atomic E-state index is -0.539. The summed E-state index contributed by atoms with van der Waals surface area (Å²) in [5.41, 5.74) is 0.364. The summed E-state index contributed by atoms with van der Waals surface area (Å²) >= 11 is 0.735. The Morgan fingerprint density at radius 1 is 1.43 bits per heavy atom. The van der Waals surface area contributed by atoms with E-state index in [0.717, 1.165) is 16.7 Å². The molecule has 1 N–H and O–H groups in total. The monoisotopic (exact) mass is 307 g/mol. The molecule has 0 unspecified atom stereocenters. The first-order valence-electron chi connectivity index (χ1n) is 6.04. The molecule has 1 aliphatic rings. The van der Waals surface area contributed by atoms with Crippen molar-refractivity contribution in [1.82, 2.24) is 4.90 Å². The van der Waals surface area contributed by atoms with Crippen LogP contribution in [0.5, 0.6) is 11.5 Å². The lowest BCUT2D eigenvalue weighted by Gasteiger charge is -2.09. The molecule has 2 amide bonds. The van der Waals surface area contributed by atoms with Crippen molar-refractivity contribution in [3.8, 4) is 11.5 Å². The second-order valence-electron chi connectivity index (χ2n) is 4.37. The number of hydrogen-bond donors (Lipinski definition) is 1. The minimum absolute atomic E-state index is 0.113. The summed E-state index contributed by atoms with van der Waals surface area (Å²) in [5, 5.41) is 9.47. The van der Waals surface area contributed by atoms with Crippen LogP contribution in [0.15, 0.2) is 23.1 Å². The SMILES string of the molecule is COc1cccc(/C=C2\SC(=O)N(CC(C)=O)C2=O)c1O. The largest absolute Gasteiger partial charge is 0.504 e. The predicted molar refractivity (Wildman–Crippen MR) is 78.0 cm³/mol. The van der Waals surface area contributed by atoms with Crippen LogP contribution in [0.25, 0.3) is 6.08 Å². The van der Waals surface area contributed by atoms with Gasteiger partial charge in [-0.15, -0.1) is 0 Å². The first kappa shape index (κ1) is 15.1. The van der Waals surface area contributed by atoms with Gasteiger partial charge in [-0.25, -0.2) is 0 Å². The van der Waals surface area contributed by atoms with E-state index in [9.17, 15) is 19.5 Å². The van der Waals surface area contributed by atoms with Crippen LogP contribution in [0.1, 0.15) is 12.5 Å². The van der Waals surface area contributed by atoms with Gasteiger partial charge in [-0.2, -0.15) is 0 Å². The molecule has 0 atom stereocenters. The molecule has 21 heavy (non-hydrogen) atoms. The van der Waals surface area contributed by atoms with Crippen LogP contribution in [0.4, 0.5) is 4.79 Å². The Morgan fingerprint density at radius 2 is 2.14 bits per heavy atom. The molecule has 1 aromatic rings. The summed E-state index contributed by atoms with van der Waals surface area (Å²) in [6.07, 6.45) is 1.41. The van der Waals surface area contributed by atoms with E-state index in [4.69, 9.17) is 4.74 Å². The van der Waals surface area contributed by atoms with Gasteiger partial charge in [0.05, 0.1) is 18.6 Å². The summed E-state index contributed by atoms with van der Waals surface area (Å²) in [7, 11) is 1.42. The lowest BCUT2D eigenvalue weighted by molar-refractivity contribution is -0.127. The third-order valence-electron chi connectivity index (χ3n) is 2.79. The van der Waals surface area contributed by atoms with Gasteiger partial charge in [0.2, 0.25) is 0 Å². The van der Waals surface area contributed by atoms with E-state index in [1.165, 1.54) is 20.1 Å². The van der Waals surface area contributed by atoms with Crippen LogP contribution in [0.3, 0.4) is 0 Å². The number of amides is 2. The van der Waals surface area contributed by atoms with E-state index < -0.39 is 11.1 Å². The van der Waals surface area contributed by atoms with Gasteiger partial charge in [0.1, 0.15) is 5.78 Å². The molecule has 7 heteroatoms. The number of imide groups is 1. The van der Waals surface area contributed by atoms with E-state index in [1.807, 2.05) is 0 Å². The van der Waals surface area contributed by atoms with Crippen molar-refractivity contribution in [3.05, 3.63) is 28.7 Å². The molecule has 0 saturated carbocycles. The molecule has 6 nitrogen and oxygen atoms in total. The number of ether oxygens (including phenoxy) is 1. The zero-order valence-corrected chi connectivity index (χ0v) is 12.3. The number of methoxy groups -OCH3 is 1. The number of ketones is 1. The summed E-state index contributed by atoms with van der Waals surface area (Å²) in [6, 6.07) is 4.83. The number of carbonyl (C=O) groups excluding carboxylic acids is 3. The highest BCUT2D eigenvalue weighted by atomic mass is 32.2. The topological polar surface area (TPSA) is 83.9 Å². The molecule has 0 radical (unpaired) electrons. The van der Waals surface area contributed by atoms with Gasteiger partial charge in [0.15, 0.2) is 11.5 Å². The van der Waals surface area contributed by atoms with Gasteiger partial charge in [-0.1, -0.05) is 12.1 Å². The van der Waals surface area contributed by atoms with Crippen molar-refractivity contribution in [2.45, 2.75) is 6.92 Å². The van der Waals surface area contributed by atoms with E-state index >= 15 is 0 Å². The van der Waals surface area contributed by atoms with Gasteiger partial charge >= 0.3 is 0 Å². The van der Waals surface area contributed by atoms with Gasteiger partial charge in [-0.05, 0) is 30.8 Å². The molecule has 1 saturated heterocycles. The van der Waals surface area contributed by atoms with E-state index in [1.54, 1.807) is 18.2 Å². The lowest BCUT2D eigenvalue weighted by Crippen LogP contribution is -2.32. The molecule has 1 aromatic carbocycles. The first-order chi connectivity index (χ1) is 9.93. The number of rotatable bonds is 4. The zero-order valence-electron chi connectivity index (χ0n) is 11.5. The second kappa shape index (κ2) is 6.01. The van der Waals surface area contributed by atoms with Crippen LogP contribution in [-0.2, 0) is 9.59 Å². The van der Waals surface area contributed by atoms with Crippen molar-refractivity contribution in [2.75, 3.05) is 13.7 Å². The molecule has 0 aliphatic carbocycles. The number of benzene rings is 1. The predicted octanol–water partition coefficient (Wildman–Crippen LogP) is 2.03. The molecule has 1 heterocycles. The quantitative estimate of drug-likeness (QED) is 0.857. The number of thioether (sulfide) groups is 1. The Hall–Kier alpha value is -2.28. The maximum atomic E-state index is 12.1. The van der Waals surface area contributed by atoms with Crippen LogP contribution >= 0.6 is 11.8 Å². The van der Waals surface area contributed by atoms with E-state index in [-0.39, 0.29) is 28.7 Å². The Balaban J connectivity index is 2.33.